The van der Waals surface area contributed by atoms with Crippen molar-refractivity contribution >= 4 is 0 Å². The first-order valence-corrected chi connectivity index (χ1v) is 8.96. The second-order valence-electron chi connectivity index (χ2n) is 7.10. The maximum absolute atomic E-state index is 5.46. The molecule has 0 aromatic carbocycles. The van der Waals surface area contributed by atoms with Crippen molar-refractivity contribution in [3.63, 3.8) is 0 Å². The number of likely N-dealkylation sites (tertiary alicyclic amines) is 1. The minimum Gasteiger partial charge on any atom is -0.372 e. The normalized spacial score (nSPS) is 21.5. The van der Waals surface area contributed by atoms with Crippen molar-refractivity contribution in [1.29, 1.82) is 0 Å². The number of fused-ring (bicyclic) bond motifs is 1. The lowest BCUT2D eigenvalue weighted by Crippen LogP contribution is -2.34. The van der Waals surface area contributed by atoms with Crippen LogP contribution in [0.1, 0.15) is 50.1 Å². The molecule has 1 saturated heterocycles. The van der Waals surface area contributed by atoms with Gasteiger partial charge in [-0.3, -0.25) is 4.90 Å². The van der Waals surface area contributed by atoms with Crippen molar-refractivity contribution in [1.82, 2.24) is 29.2 Å². The van der Waals surface area contributed by atoms with Gasteiger partial charge in [-0.05, 0) is 19.4 Å². The number of hydrogen-bond donors (Lipinski definition) is 0. The zero-order valence-corrected chi connectivity index (χ0v) is 14.6. The monoisotopic (exact) mass is 330 g/mol. The summed E-state index contributed by atoms with van der Waals surface area (Å²) in [6.45, 7) is 9.65. The van der Waals surface area contributed by atoms with Crippen LogP contribution in [0.3, 0.4) is 0 Å². The number of ether oxygens (including phenoxy) is 1. The predicted octanol–water partition coefficient (Wildman–Crippen LogP) is 1.79. The molecule has 24 heavy (non-hydrogen) atoms. The fraction of sp³-hybridized carbons (Fsp3) is 0.706. The van der Waals surface area contributed by atoms with Gasteiger partial charge in [-0.1, -0.05) is 13.8 Å². The average Bonchev–Trinajstić information content (AvgIpc) is 3.29. The average molecular weight is 330 g/mol. The Bertz CT molecular complexity index is 691. The van der Waals surface area contributed by atoms with Gasteiger partial charge in [0, 0.05) is 37.4 Å². The number of aromatic nitrogens is 5. The van der Waals surface area contributed by atoms with E-state index in [2.05, 4.69) is 49.3 Å². The molecule has 2 aromatic heterocycles. The molecule has 7 heteroatoms. The van der Waals surface area contributed by atoms with Gasteiger partial charge in [-0.25, -0.2) is 4.98 Å². The van der Waals surface area contributed by atoms with Gasteiger partial charge in [-0.15, -0.1) is 10.2 Å². The molecule has 0 radical (unpaired) electrons. The zero-order chi connectivity index (χ0) is 16.5. The Balaban J connectivity index is 1.47. The molecular weight excluding hydrogens is 304 g/mol. The van der Waals surface area contributed by atoms with Gasteiger partial charge in [0.25, 0.3) is 0 Å². The first-order chi connectivity index (χ1) is 11.7. The Kier molecular flexibility index (Phi) is 4.37. The molecule has 2 aromatic rings. The summed E-state index contributed by atoms with van der Waals surface area (Å²) in [5.74, 6) is 3.68. The van der Waals surface area contributed by atoms with Crippen LogP contribution < -0.4 is 0 Å². The summed E-state index contributed by atoms with van der Waals surface area (Å²) in [6.07, 6.45) is 6.52. The molecular formula is C17H26N6O. The molecule has 4 heterocycles. The molecule has 1 unspecified atom stereocenters. The smallest absolute Gasteiger partial charge is 0.159 e. The number of hydrogen-bond acceptors (Lipinski definition) is 5. The van der Waals surface area contributed by atoms with E-state index in [-0.39, 0.29) is 0 Å². The van der Waals surface area contributed by atoms with Crippen molar-refractivity contribution in [2.75, 3.05) is 13.2 Å². The molecule has 1 atom stereocenters. The van der Waals surface area contributed by atoms with Crippen molar-refractivity contribution in [3.8, 4) is 0 Å². The molecule has 2 aliphatic rings. The van der Waals surface area contributed by atoms with E-state index in [9.17, 15) is 0 Å². The molecule has 4 rings (SSSR count). The van der Waals surface area contributed by atoms with Crippen LogP contribution in [0.25, 0.3) is 0 Å². The fourth-order valence-electron chi connectivity index (χ4n) is 3.87. The Morgan fingerprint density at radius 2 is 2.21 bits per heavy atom. The molecule has 1 fully saturated rings. The van der Waals surface area contributed by atoms with Crippen molar-refractivity contribution in [2.45, 2.75) is 64.9 Å². The quantitative estimate of drug-likeness (QED) is 0.836. The fourth-order valence-corrected chi connectivity index (χ4v) is 3.87. The van der Waals surface area contributed by atoms with Gasteiger partial charge < -0.3 is 13.9 Å². The summed E-state index contributed by atoms with van der Waals surface area (Å²) in [4.78, 5) is 7.07. The highest BCUT2D eigenvalue weighted by Crippen LogP contribution is 2.23. The van der Waals surface area contributed by atoms with Crippen molar-refractivity contribution in [2.24, 2.45) is 0 Å². The van der Waals surface area contributed by atoms with Crippen LogP contribution in [-0.4, -0.2) is 48.4 Å². The first kappa shape index (κ1) is 15.8. The Morgan fingerprint density at radius 3 is 3.08 bits per heavy atom. The predicted molar refractivity (Wildman–Crippen MR) is 89.4 cm³/mol. The third kappa shape index (κ3) is 2.98. The third-order valence-electron chi connectivity index (χ3n) is 5.11. The summed E-state index contributed by atoms with van der Waals surface area (Å²) in [5.41, 5.74) is 0. The van der Waals surface area contributed by atoms with Crippen LogP contribution in [0.15, 0.2) is 12.4 Å². The summed E-state index contributed by atoms with van der Waals surface area (Å²) >= 11 is 0. The molecule has 0 N–H and O–H groups in total. The minimum absolute atomic E-state index is 0.457. The van der Waals surface area contributed by atoms with Crippen LogP contribution >= 0.6 is 0 Å². The van der Waals surface area contributed by atoms with E-state index in [0.29, 0.717) is 18.6 Å². The molecule has 0 bridgehead atoms. The molecule has 0 saturated carbocycles. The van der Waals surface area contributed by atoms with E-state index in [1.807, 2.05) is 6.20 Å². The van der Waals surface area contributed by atoms with Crippen LogP contribution in [-0.2, 0) is 31.0 Å². The maximum Gasteiger partial charge on any atom is 0.159 e. The molecule has 2 aliphatic heterocycles. The van der Waals surface area contributed by atoms with E-state index in [1.54, 1.807) is 0 Å². The van der Waals surface area contributed by atoms with E-state index in [0.717, 1.165) is 44.4 Å². The van der Waals surface area contributed by atoms with Gasteiger partial charge in [0.05, 0.1) is 13.2 Å². The zero-order valence-electron chi connectivity index (χ0n) is 14.6. The minimum atomic E-state index is 0.457. The summed E-state index contributed by atoms with van der Waals surface area (Å²) < 4.78 is 10.0. The topological polar surface area (TPSA) is 61.0 Å². The summed E-state index contributed by atoms with van der Waals surface area (Å²) in [7, 11) is 0. The first-order valence-electron chi connectivity index (χ1n) is 8.96. The lowest BCUT2D eigenvalue weighted by molar-refractivity contribution is 0.0793. The second-order valence-corrected chi connectivity index (χ2v) is 7.10. The van der Waals surface area contributed by atoms with Crippen LogP contribution in [0.4, 0.5) is 0 Å². The SMILES string of the molecule is CC(C)c1nccn1CC1CCCN1Cc1nnc2n1CCOC2. The Morgan fingerprint density at radius 1 is 1.29 bits per heavy atom. The highest BCUT2D eigenvalue weighted by molar-refractivity contribution is 5.01. The van der Waals surface area contributed by atoms with Gasteiger partial charge in [0.1, 0.15) is 18.3 Å². The molecule has 7 nitrogen and oxygen atoms in total. The maximum atomic E-state index is 5.46. The summed E-state index contributed by atoms with van der Waals surface area (Å²) in [5, 5.41) is 8.69. The Hall–Kier alpha value is -1.73. The molecule has 0 amide bonds. The van der Waals surface area contributed by atoms with Crippen molar-refractivity contribution < 1.29 is 4.74 Å². The van der Waals surface area contributed by atoms with Crippen LogP contribution in [0.5, 0.6) is 0 Å². The van der Waals surface area contributed by atoms with Crippen LogP contribution in [0, 0.1) is 0 Å². The van der Waals surface area contributed by atoms with E-state index in [1.165, 1.54) is 18.7 Å². The van der Waals surface area contributed by atoms with Gasteiger partial charge in [0.15, 0.2) is 5.82 Å². The highest BCUT2D eigenvalue weighted by Gasteiger charge is 2.28. The number of nitrogens with zero attached hydrogens (tertiary/aromatic N) is 6. The standard InChI is InChI=1S/C17H26N6O/c1-13(2)17-18-5-7-22(17)10-14-4-3-6-21(14)11-15-19-20-16-12-24-9-8-23(15)16/h5,7,13-14H,3-4,6,8-12H2,1-2H3. The molecule has 0 spiro atoms. The van der Waals surface area contributed by atoms with E-state index < -0.39 is 0 Å². The van der Waals surface area contributed by atoms with Gasteiger partial charge in [0.2, 0.25) is 0 Å². The second kappa shape index (κ2) is 6.64. The van der Waals surface area contributed by atoms with E-state index >= 15 is 0 Å². The largest absolute Gasteiger partial charge is 0.372 e. The lowest BCUT2D eigenvalue weighted by atomic mass is 10.2. The van der Waals surface area contributed by atoms with Gasteiger partial charge in [-0.2, -0.15) is 0 Å². The molecule has 130 valence electrons. The number of rotatable bonds is 5. The Labute approximate surface area is 142 Å². The third-order valence-corrected chi connectivity index (χ3v) is 5.11. The van der Waals surface area contributed by atoms with Crippen molar-refractivity contribution in [3.05, 3.63) is 29.9 Å². The van der Waals surface area contributed by atoms with Gasteiger partial charge >= 0.3 is 0 Å². The van der Waals surface area contributed by atoms with E-state index in [4.69, 9.17) is 4.74 Å². The number of imidazole rings is 1. The van der Waals surface area contributed by atoms with Crippen LogP contribution in [0.2, 0.25) is 0 Å². The highest BCUT2D eigenvalue weighted by atomic mass is 16.5. The summed E-state index contributed by atoms with van der Waals surface area (Å²) in [6, 6.07) is 0.546. The lowest BCUT2D eigenvalue weighted by Gasteiger charge is -2.26. The molecule has 0 aliphatic carbocycles.